The molecule has 2 N–H and O–H groups in total. The molecule has 28 heavy (non-hydrogen) atoms. The highest BCUT2D eigenvalue weighted by Gasteiger charge is 2.23. The van der Waals surface area contributed by atoms with E-state index in [2.05, 4.69) is 22.5 Å². The van der Waals surface area contributed by atoms with Crippen molar-refractivity contribution >= 4 is 34.6 Å². The zero-order chi connectivity index (χ0) is 19.9. The Labute approximate surface area is 174 Å². The molecule has 0 aromatic heterocycles. The number of carbonyl (C=O) groups is 1. The van der Waals surface area contributed by atoms with Gasteiger partial charge in [-0.2, -0.15) is 0 Å². The van der Waals surface area contributed by atoms with Crippen molar-refractivity contribution in [2.45, 2.75) is 64.8 Å². The number of likely N-dealkylation sites (tertiary alicyclic amines) is 1. The second-order valence-electron chi connectivity index (χ2n) is 7.98. The lowest BCUT2D eigenvalue weighted by atomic mass is 10.00. The van der Waals surface area contributed by atoms with Crippen molar-refractivity contribution in [3.8, 4) is 0 Å². The Morgan fingerprint density at radius 1 is 1.25 bits per heavy atom. The molecule has 2 fully saturated rings. The summed E-state index contributed by atoms with van der Waals surface area (Å²) < 4.78 is 0. The van der Waals surface area contributed by atoms with Crippen LogP contribution in [0.1, 0.15) is 57.4 Å². The van der Waals surface area contributed by atoms with Crippen molar-refractivity contribution in [3.05, 3.63) is 23.8 Å². The van der Waals surface area contributed by atoms with Crippen LogP contribution in [0.2, 0.25) is 0 Å². The van der Waals surface area contributed by atoms with Gasteiger partial charge in [0.1, 0.15) is 0 Å². The third-order valence-corrected chi connectivity index (χ3v) is 6.21. The van der Waals surface area contributed by atoms with E-state index >= 15 is 0 Å². The number of hydrogen-bond donors (Lipinski definition) is 2. The van der Waals surface area contributed by atoms with Crippen LogP contribution in [0, 0.1) is 6.92 Å². The second kappa shape index (κ2) is 10.2. The maximum absolute atomic E-state index is 12.1. The summed E-state index contributed by atoms with van der Waals surface area (Å²) in [5.74, 6) is 0.212. The average Bonchev–Trinajstić information content (AvgIpc) is 3.12. The number of aryl methyl sites for hydroxylation is 1. The van der Waals surface area contributed by atoms with Crippen LogP contribution in [-0.4, -0.2) is 48.1 Å². The Hall–Kier alpha value is -1.66. The molecule has 1 aromatic carbocycles. The number of carbonyl (C=O) groups excluding carboxylic acids is 1. The van der Waals surface area contributed by atoms with Gasteiger partial charge in [0.25, 0.3) is 0 Å². The first-order valence-electron chi connectivity index (χ1n) is 10.8. The van der Waals surface area contributed by atoms with Gasteiger partial charge < -0.3 is 20.4 Å². The monoisotopic (exact) mass is 402 g/mol. The Morgan fingerprint density at radius 2 is 2.11 bits per heavy atom. The van der Waals surface area contributed by atoms with E-state index in [1.54, 1.807) is 0 Å². The maximum atomic E-state index is 12.1. The molecule has 3 rings (SSSR count). The highest BCUT2D eigenvalue weighted by atomic mass is 32.1. The summed E-state index contributed by atoms with van der Waals surface area (Å²) in [4.78, 5) is 16.6. The van der Waals surface area contributed by atoms with Gasteiger partial charge in [0, 0.05) is 43.5 Å². The first-order chi connectivity index (χ1) is 13.6. The lowest BCUT2D eigenvalue weighted by Crippen LogP contribution is -2.40. The van der Waals surface area contributed by atoms with Crippen LogP contribution in [0.3, 0.4) is 0 Å². The molecule has 5 nitrogen and oxygen atoms in total. The topological polar surface area (TPSA) is 47.6 Å². The molecule has 0 unspecified atom stereocenters. The van der Waals surface area contributed by atoms with E-state index in [0.717, 1.165) is 55.5 Å². The third-order valence-electron chi connectivity index (χ3n) is 5.96. The van der Waals surface area contributed by atoms with Crippen molar-refractivity contribution < 1.29 is 4.79 Å². The van der Waals surface area contributed by atoms with Crippen LogP contribution < -0.4 is 15.5 Å². The Kier molecular flexibility index (Phi) is 7.68. The number of piperidine rings is 1. The van der Waals surface area contributed by atoms with Crippen molar-refractivity contribution in [3.63, 3.8) is 0 Å². The molecule has 0 bridgehead atoms. The quantitative estimate of drug-likeness (QED) is 0.532. The van der Waals surface area contributed by atoms with E-state index in [1.165, 1.54) is 32.2 Å². The summed E-state index contributed by atoms with van der Waals surface area (Å²) in [6.45, 7) is 8.41. The first kappa shape index (κ1) is 21.1. The maximum Gasteiger partial charge on any atom is 0.227 e. The zero-order valence-corrected chi connectivity index (χ0v) is 18.1. The minimum atomic E-state index is 0.212. The molecule has 6 heteroatoms. The van der Waals surface area contributed by atoms with E-state index in [1.807, 2.05) is 30.0 Å². The number of anilines is 2. The summed E-state index contributed by atoms with van der Waals surface area (Å²) >= 11 is 5.47. The van der Waals surface area contributed by atoms with Gasteiger partial charge in [-0.1, -0.05) is 19.4 Å². The zero-order valence-electron chi connectivity index (χ0n) is 17.3. The van der Waals surface area contributed by atoms with Crippen LogP contribution in [0.5, 0.6) is 0 Å². The van der Waals surface area contributed by atoms with E-state index in [-0.39, 0.29) is 5.91 Å². The van der Waals surface area contributed by atoms with Gasteiger partial charge in [-0.05, 0) is 75.5 Å². The fourth-order valence-corrected chi connectivity index (χ4v) is 4.58. The van der Waals surface area contributed by atoms with Gasteiger partial charge in [0.2, 0.25) is 5.91 Å². The number of nitrogens with zero attached hydrogens (tertiary/aromatic N) is 2. The molecule has 2 saturated heterocycles. The van der Waals surface area contributed by atoms with Crippen molar-refractivity contribution in [2.75, 3.05) is 36.4 Å². The fourth-order valence-electron chi connectivity index (χ4n) is 4.36. The lowest BCUT2D eigenvalue weighted by Gasteiger charge is -2.35. The van der Waals surface area contributed by atoms with Crippen LogP contribution >= 0.6 is 12.2 Å². The normalized spacial score (nSPS) is 20.4. The number of thiocarbonyl (C=S) groups is 1. The smallest absolute Gasteiger partial charge is 0.227 e. The number of hydrogen-bond acceptors (Lipinski definition) is 3. The first-order valence-corrected chi connectivity index (χ1v) is 11.2. The Bertz CT molecular complexity index is 693. The predicted molar refractivity (Wildman–Crippen MR) is 121 cm³/mol. The summed E-state index contributed by atoms with van der Waals surface area (Å²) in [5, 5.41) is 7.25. The molecule has 0 aliphatic carbocycles. The molecule has 1 aromatic rings. The molecule has 0 spiro atoms. The van der Waals surface area contributed by atoms with Gasteiger partial charge in [-0.25, -0.2) is 0 Å². The molecular formula is C22H34N4OS. The second-order valence-corrected chi connectivity index (χ2v) is 8.39. The molecule has 0 saturated carbocycles. The largest absolute Gasteiger partial charge is 0.362 e. The van der Waals surface area contributed by atoms with Crippen LogP contribution in [-0.2, 0) is 4.79 Å². The van der Waals surface area contributed by atoms with E-state index < -0.39 is 0 Å². The average molecular weight is 403 g/mol. The summed E-state index contributed by atoms with van der Waals surface area (Å²) in [5.41, 5.74) is 3.04. The third kappa shape index (κ3) is 5.45. The van der Waals surface area contributed by atoms with Crippen LogP contribution in [0.25, 0.3) is 0 Å². The molecule has 1 atom stereocenters. The number of benzene rings is 1. The van der Waals surface area contributed by atoms with Crippen molar-refractivity contribution in [2.24, 2.45) is 0 Å². The van der Waals surface area contributed by atoms with Crippen LogP contribution in [0.15, 0.2) is 18.2 Å². The highest BCUT2D eigenvalue weighted by molar-refractivity contribution is 7.80. The number of nitrogens with one attached hydrogen (secondary N) is 2. The predicted octanol–water partition coefficient (Wildman–Crippen LogP) is 4.06. The molecule has 2 aliphatic heterocycles. The Morgan fingerprint density at radius 3 is 2.86 bits per heavy atom. The van der Waals surface area contributed by atoms with Crippen molar-refractivity contribution in [1.29, 1.82) is 0 Å². The van der Waals surface area contributed by atoms with E-state index in [4.69, 9.17) is 12.2 Å². The summed E-state index contributed by atoms with van der Waals surface area (Å²) in [6.07, 6.45) is 7.99. The van der Waals surface area contributed by atoms with Gasteiger partial charge in [0.05, 0.1) is 0 Å². The lowest BCUT2D eigenvalue weighted by molar-refractivity contribution is -0.117. The summed E-state index contributed by atoms with van der Waals surface area (Å²) in [6, 6.07) is 6.87. The molecule has 154 valence electrons. The number of amides is 1. The summed E-state index contributed by atoms with van der Waals surface area (Å²) in [7, 11) is 0. The van der Waals surface area contributed by atoms with Gasteiger partial charge in [0.15, 0.2) is 5.11 Å². The Balaban J connectivity index is 1.45. The minimum Gasteiger partial charge on any atom is -0.362 e. The van der Waals surface area contributed by atoms with Gasteiger partial charge >= 0.3 is 0 Å². The molecule has 0 radical (unpaired) electrons. The standard InChI is InChI=1S/C22H34N4OS/c1-3-19-8-4-5-13-25(19)14-7-12-23-22(28)24-18-11-10-17(2)20(16-18)26-15-6-9-21(26)27/h10-11,16,19H,3-9,12-15H2,1-2H3,(H2,23,24,28)/t19-/m1/s1. The van der Waals surface area contributed by atoms with Crippen LogP contribution in [0.4, 0.5) is 11.4 Å². The van der Waals surface area contributed by atoms with E-state index in [0.29, 0.717) is 11.5 Å². The molecular weight excluding hydrogens is 368 g/mol. The molecule has 1 amide bonds. The SMILES string of the molecule is CC[C@@H]1CCCCN1CCCNC(=S)Nc1ccc(C)c(N2CCCC2=O)c1. The van der Waals surface area contributed by atoms with E-state index in [9.17, 15) is 4.79 Å². The van der Waals surface area contributed by atoms with Gasteiger partial charge in [-0.3, -0.25) is 4.79 Å². The van der Waals surface area contributed by atoms with Gasteiger partial charge in [-0.15, -0.1) is 0 Å². The number of rotatable bonds is 7. The fraction of sp³-hybridized carbons (Fsp3) is 0.636. The molecule has 2 heterocycles. The molecule has 2 aliphatic rings. The highest BCUT2D eigenvalue weighted by Crippen LogP contribution is 2.28. The van der Waals surface area contributed by atoms with Crippen molar-refractivity contribution in [1.82, 2.24) is 10.2 Å². The minimum absolute atomic E-state index is 0.212.